The molecule has 136 valence electrons. The lowest BCUT2D eigenvalue weighted by atomic mass is 10.0. The van der Waals surface area contributed by atoms with Gasteiger partial charge in [-0.2, -0.15) is 0 Å². The van der Waals surface area contributed by atoms with Gasteiger partial charge in [-0.25, -0.2) is 4.79 Å². The summed E-state index contributed by atoms with van der Waals surface area (Å²) in [5.74, 6) is -1.55. The second-order valence-electron chi connectivity index (χ2n) is 6.15. The molecule has 6 heteroatoms. The average molecular weight is 354 g/mol. The minimum atomic E-state index is -0.887. The van der Waals surface area contributed by atoms with Gasteiger partial charge in [-0.05, 0) is 18.1 Å². The number of amides is 1. The number of rotatable bonds is 7. The van der Waals surface area contributed by atoms with Crippen molar-refractivity contribution in [2.45, 2.75) is 19.9 Å². The number of carbonyl (C=O) groups is 3. The molecule has 0 bridgehead atoms. The molecule has 0 aliphatic carbocycles. The van der Waals surface area contributed by atoms with E-state index in [0.717, 1.165) is 0 Å². The Morgan fingerprint density at radius 2 is 1.69 bits per heavy atom. The third kappa shape index (κ3) is 4.53. The zero-order valence-corrected chi connectivity index (χ0v) is 15.1. The summed E-state index contributed by atoms with van der Waals surface area (Å²) in [5, 5.41) is 0. The number of esters is 1. The van der Waals surface area contributed by atoms with Crippen molar-refractivity contribution in [3.05, 3.63) is 66.0 Å². The molecule has 1 amide bonds. The van der Waals surface area contributed by atoms with Gasteiger partial charge in [0.1, 0.15) is 11.7 Å². The van der Waals surface area contributed by atoms with E-state index in [-0.39, 0.29) is 23.9 Å². The number of methoxy groups -OCH3 is 1. The number of carbonyl (C=O) groups excluding carboxylic acids is 3. The van der Waals surface area contributed by atoms with Crippen molar-refractivity contribution in [1.82, 2.24) is 9.88 Å². The number of benzene rings is 1. The predicted octanol–water partition coefficient (Wildman–Crippen LogP) is 2.60. The second kappa shape index (κ2) is 8.89. The fraction of sp³-hybridized carbons (Fsp3) is 0.300. The standard InChI is InChI=1S/C20H22N2O4/c1-14(2)18(20(25)26-3)22(19(24)16-11-7-8-12-21-16)13-17(23)15-9-5-4-6-10-15/h4-12,14,18H,13H2,1-3H3. The monoisotopic (exact) mass is 354 g/mol. The Bertz CT molecular complexity index is 760. The van der Waals surface area contributed by atoms with E-state index in [1.54, 1.807) is 62.4 Å². The number of hydrogen-bond donors (Lipinski definition) is 0. The van der Waals surface area contributed by atoms with Crippen LogP contribution in [0.15, 0.2) is 54.7 Å². The summed E-state index contributed by atoms with van der Waals surface area (Å²) >= 11 is 0. The molecule has 0 spiro atoms. The molecule has 0 fully saturated rings. The highest BCUT2D eigenvalue weighted by molar-refractivity contribution is 6.03. The average Bonchev–Trinajstić information content (AvgIpc) is 2.67. The zero-order chi connectivity index (χ0) is 19.1. The molecule has 26 heavy (non-hydrogen) atoms. The normalized spacial score (nSPS) is 11.7. The zero-order valence-electron chi connectivity index (χ0n) is 15.1. The lowest BCUT2D eigenvalue weighted by Crippen LogP contribution is -2.50. The quantitative estimate of drug-likeness (QED) is 0.564. The van der Waals surface area contributed by atoms with Crippen molar-refractivity contribution in [1.29, 1.82) is 0 Å². The molecule has 1 aromatic heterocycles. The van der Waals surface area contributed by atoms with E-state index in [0.29, 0.717) is 5.56 Å². The Morgan fingerprint density at radius 3 is 2.23 bits per heavy atom. The molecule has 6 nitrogen and oxygen atoms in total. The van der Waals surface area contributed by atoms with Gasteiger partial charge in [0.25, 0.3) is 5.91 Å². The van der Waals surface area contributed by atoms with Gasteiger partial charge in [0.05, 0.1) is 13.7 Å². The summed E-state index contributed by atoms with van der Waals surface area (Å²) in [6, 6.07) is 12.7. The van der Waals surface area contributed by atoms with Gasteiger partial charge in [-0.15, -0.1) is 0 Å². The number of hydrogen-bond acceptors (Lipinski definition) is 5. The Balaban J connectivity index is 2.39. The number of Topliss-reactive ketones (excluding diaryl/α,β-unsaturated/α-hetero) is 1. The van der Waals surface area contributed by atoms with Crippen LogP contribution in [0.1, 0.15) is 34.7 Å². The van der Waals surface area contributed by atoms with Crippen molar-refractivity contribution < 1.29 is 19.1 Å². The Morgan fingerprint density at radius 1 is 1.04 bits per heavy atom. The van der Waals surface area contributed by atoms with Gasteiger partial charge < -0.3 is 9.64 Å². The molecule has 0 aliphatic rings. The molecule has 0 saturated carbocycles. The smallest absolute Gasteiger partial charge is 0.328 e. The van der Waals surface area contributed by atoms with Gasteiger partial charge in [0, 0.05) is 11.8 Å². The van der Waals surface area contributed by atoms with Gasteiger partial charge in [0.15, 0.2) is 5.78 Å². The molecule has 1 aromatic carbocycles. The fourth-order valence-corrected chi connectivity index (χ4v) is 2.68. The van der Waals surface area contributed by atoms with E-state index in [2.05, 4.69) is 4.98 Å². The summed E-state index contributed by atoms with van der Waals surface area (Å²) in [6.45, 7) is 3.36. The molecule has 0 radical (unpaired) electrons. The molecule has 1 atom stereocenters. The van der Waals surface area contributed by atoms with Crippen LogP contribution in [0.2, 0.25) is 0 Å². The van der Waals surface area contributed by atoms with Gasteiger partial charge in [0.2, 0.25) is 0 Å². The first-order chi connectivity index (χ1) is 12.5. The highest BCUT2D eigenvalue weighted by atomic mass is 16.5. The van der Waals surface area contributed by atoms with Crippen LogP contribution in [0, 0.1) is 5.92 Å². The van der Waals surface area contributed by atoms with Crippen molar-refractivity contribution in [2.75, 3.05) is 13.7 Å². The third-order valence-corrected chi connectivity index (χ3v) is 3.96. The summed E-state index contributed by atoms with van der Waals surface area (Å²) in [7, 11) is 1.26. The van der Waals surface area contributed by atoms with Gasteiger partial charge >= 0.3 is 5.97 Å². The molecular formula is C20H22N2O4. The largest absolute Gasteiger partial charge is 0.467 e. The van der Waals surface area contributed by atoms with E-state index in [9.17, 15) is 14.4 Å². The Labute approximate surface area is 152 Å². The van der Waals surface area contributed by atoms with Crippen LogP contribution in [0.4, 0.5) is 0 Å². The van der Waals surface area contributed by atoms with Crippen molar-refractivity contribution >= 4 is 17.7 Å². The van der Waals surface area contributed by atoms with Crippen LogP contribution >= 0.6 is 0 Å². The lowest BCUT2D eigenvalue weighted by molar-refractivity contribution is -0.147. The van der Waals surface area contributed by atoms with Crippen LogP contribution in [0.3, 0.4) is 0 Å². The molecule has 2 rings (SSSR count). The number of ketones is 1. The first kappa shape index (κ1) is 19.3. The van der Waals surface area contributed by atoms with Crippen LogP contribution in [-0.4, -0.2) is 47.2 Å². The highest BCUT2D eigenvalue weighted by Gasteiger charge is 2.35. The third-order valence-electron chi connectivity index (χ3n) is 3.96. The summed E-state index contributed by atoms with van der Waals surface area (Å²) in [5.41, 5.74) is 0.640. The van der Waals surface area contributed by atoms with Crippen LogP contribution in [0.25, 0.3) is 0 Å². The van der Waals surface area contributed by atoms with Crippen LogP contribution in [0.5, 0.6) is 0 Å². The molecule has 1 unspecified atom stereocenters. The second-order valence-corrected chi connectivity index (χ2v) is 6.15. The predicted molar refractivity (Wildman–Crippen MR) is 96.7 cm³/mol. The molecule has 2 aromatic rings. The molecule has 0 aliphatic heterocycles. The van der Waals surface area contributed by atoms with Crippen molar-refractivity contribution in [3.63, 3.8) is 0 Å². The minimum absolute atomic E-state index is 0.169. The number of aromatic nitrogens is 1. The van der Waals surface area contributed by atoms with E-state index in [1.165, 1.54) is 18.2 Å². The van der Waals surface area contributed by atoms with Gasteiger partial charge in [-0.3, -0.25) is 14.6 Å². The summed E-state index contributed by atoms with van der Waals surface area (Å²) in [6.07, 6.45) is 1.49. The van der Waals surface area contributed by atoms with Crippen LogP contribution in [-0.2, 0) is 9.53 Å². The summed E-state index contributed by atoms with van der Waals surface area (Å²) < 4.78 is 4.86. The first-order valence-electron chi connectivity index (χ1n) is 8.33. The maximum absolute atomic E-state index is 13.0. The number of pyridine rings is 1. The van der Waals surface area contributed by atoms with Crippen LogP contribution < -0.4 is 0 Å². The van der Waals surface area contributed by atoms with Gasteiger partial charge in [-0.1, -0.05) is 50.2 Å². The van der Waals surface area contributed by atoms with E-state index in [4.69, 9.17) is 4.74 Å². The highest BCUT2D eigenvalue weighted by Crippen LogP contribution is 2.17. The molecular weight excluding hydrogens is 332 g/mol. The number of nitrogens with zero attached hydrogens (tertiary/aromatic N) is 2. The SMILES string of the molecule is COC(=O)C(C(C)C)N(CC(=O)c1ccccc1)C(=O)c1ccccn1. The maximum atomic E-state index is 13.0. The molecule has 0 saturated heterocycles. The molecule has 0 N–H and O–H groups in total. The fourth-order valence-electron chi connectivity index (χ4n) is 2.68. The van der Waals surface area contributed by atoms with E-state index >= 15 is 0 Å². The Kier molecular flexibility index (Phi) is 6.60. The maximum Gasteiger partial charge on any atom is 0.328 e. The lowest BCUT2D eigenvalue weighted by Gasteiger charge is -2.31. The minimum Gasteiger partial charge on any atom is -0.467 e. The van der Waals surface area contributed by atoms with E-state index in [1.807, 2.05) is 0 Å². The van der Waals surface area contributed by atoms with Crippen molar-refractivity contribution in [2.24, 2.45) is 5.92 Å². The Hall–Kier alpha value is -3.02. The van der Waals surface area contributed by atoms with Crippen molar-refractivity contribution in [3.8, 4) is 0 Å². The number of ether oxygens (including phenoxy) is 1. The first-order valence-corrected chi connectivity index (χ1v) is 8.33. The topological polar surface area (TPSA) is 76.6 Å². The molecule has 1 heterocycles. The van der Waals surface area contributed by atoms with E-state index < -0.39 is 17.9 Å². The summed E-state index contributed by atoms with van der Waals surface area (Å²) in [4.78, 5) is 43.2.